The average Bonchev–Trinajstić information content (AvgIpc) is 3.72. The molecule has 6 rings (SSSR count). The van der Waals surface area contributed by atoms with E-state index in [-0.39, 0.29) is 62.0 Å². The fourth-order valence-electron chi connectivity index (χ4n) is 7.09. The summed E-state index contributed by atoms with van der Waals surface area (Å²) in [7, 11) is -1.38. The Morgan fingerprint density at radius 1 is 1.11 bits per heavy atom. The van der Waals surface area contributed by atoms with E-state index in [0.29, 0.717) is 40.9 Å². The highest BCUT2D eigenvalue weighted by Gasteiger charge is 2.42. The molecule has 0 radical (unpaired) electrons. The zero-order chi connectivity index (χ0) is 38.6. The fraction of sp³-hybridized carbons (Fsp3) is 0.436. The number of halogens is 3. The Balaban J connectivity index is 1.44. The van der Waals surface area contributed by atoms with Gasteiger partial charge in [-0.2, -0.15) is 5.26 Å². The minimum atomic E-state index is -2.80. The number of ether oxygens (including phenoxy) is 1. The molecule has 1 N–H and O–H groups in total. The van der Waals surface area contributed by atoms with Gasteiger partial charge >= 0.3 is 0 Å². The van der Waals surface area contributed by atoms with Crippen molar-refractivity contribution < 1.29 is 27.9 Å². The van der Waals surface area contributed by atoms with Crippen LogP contribution in [0, 0.1) is 11.3 Å². The van der Waals surface area contributed by atoms with E-state index < -0.39 is 43.9 Å². The first-order valence-corrected chi connectivity index (χ1v) is 22.3. The molecule has 1 aliphatic carbocycles. The number of rotatable bonds is 13. The summed E-state index contributed by atoms with van der Waals surface area (Å²) in [6.07, 6.45) is 2.80. The fourth-order valence-corrected chi connectivity index (χ4v) is 8.08. The summed E-state index contributed by atoms with van der Waals surface area (Å²) in [5, 5.41) is 12.7. The predicted molar refractivity (Wildman–Crippen MR) is 205 cm³/mol. The molecule has 0 spiro atoms. The Morgan fingerprint density at radius 3 is 2.59 bits per heavy atom. The van der Waals surface area contributed by atoms with E-state index in [1.165, 1.54) is 28.1 Å². The number of aromatic nitrogens is 3. The molecule has 2 aromatic heterocycles. The second-order valence-corrected chi connectivity index (χ2v) is 21.2. The first kappa shape index (κ1) is 39.0. The number of carbonyl (C=O) groups is 3. The first-order chi connectivity index (χ1) is 25.7. The lowest BCUT2D eigenvalue weighted by Crippen LogP contribution is -2.49. The van der Waals surface area contributed by atoms with Gasteiger partial charge in [-0.25, -0.2) is 18.7 Å². The second-order valence-electron chi connectivity index (χ2n) is 15.2. The summed E-state index contributed by atoms with van der Waals surface area (Å²) >= 11 is 6.81. The van der Waals surface area contributed by atoms with Gasteiger partial charge in [0.2, 0.25) is 23.6 Å². The number of nitrogens with zero attached hydrogens (tertiary/aromatic N) is 6. The lowest BCUT2D eigenvalue weighted by molar-refractivity contribution is -0.128. The number of nitriles is 1. The van der Waals surface area contributed by atoms with Crippen LogP contribution in [-0.2, 0) is 25.9 Å². The van der Waals surface area contributed by atoms with E-state index >= 15 is 4.79 Å². The summed E-state index contributed by atoms with van der Waals surface area (Å²) < 4.78 is 36.2. The van der Waals surface area contributed by atoms with Crippen LogP contribution in [0.4, 0.5) is 20.3 Å². The summed E-state index contributed by atoms with van der Waals surface area (Å²) in [5.41, 5.74) is 2.11. The van der Waals surface area contributed by atoms with Crippen molar-refractivity contribution in [1.82, 2.24) is 19.9 Å². The molecular formula is C39H44ClF2N7O4Si. The van der Waals surface area contributed by atoms with Crippen LogP contribution in [0.15, 0.2) is 67.1 Å². The molecule has 4 aromatic rings. The number of hydrogen-bond donors (Lipinski definition) is 1. The molecule has 2 fully saturated rings. The number of anilines is 2. The standard InChI is InChI=1S/C39H44ClF2N7O4Si/c1-54(2,3)20-19-53-25-47-24-45-31-9-6-10-32(37(31)47)49(35(51)22-28-11-12-34(50)48(28)33-21-26(23-43)15-18-44-33)36(29-7-4-5-8-30(29)40)38(52)46-27-13-16-39(41,42)17-14-27/h4-10,15,18,21,24,27-28,36H,11-14,16-17,19-20,22,25H2,1-3H3,(H,46,52)/t28-,36?/m0/s1. The minimum absolute atomic E-state index is 0.0763. The largest absolute Gasteiger partial charge is 0.361 e. The first-order valence-electron chi connectivity index (χ1n) is 18.2. The number of carbonyl (C=O) groups excluding carboxylic acids is 3. The molecule has 3 amide bonds. The molecule has 54 heavy (non-hydrogen) atoms. The number of nitrogens with one attached hydrogen (secondary N) is 1. The Hall–Kier alpha value is -4.71. The number of imidazole rings is 1. The molecule has 0 bridgehead atoms. The molecule has 2 aliphatic rings. The molecule has 1 saturated heterocycles. The van der Waals surface area contributed by atoms with Gasteiger partial charge in [-0.15, -0.1) is 0 Å². The SMILES string of the molecule is C[Si](C)(C)CCOCn1cnc2cccc(N(C(=O)C[C@@H]3CCC(=O)N3c3cc(C#N)ccn3)C(C(=O)NC3CCC(F)(F)CC3)c3ccccc3Cl)c21. The molecule has 1 saturated carbocycles. The maximum atomic E-state index is 15.1. The van der Waals surface area contributed by atoms with Crippen LogP contribution >= 0.6 is 11.6 Å². The van der Waals surface area contributed by atoms with Gasteiger partial charge in [-0.05, 0) is 55.6 Å². The predicted octanol–water partition coefficient (Wildman–Crippen LogP) is 7.62. The molecule has 284 valence electrons. The van der Waals surface area contributed by atoms with Gasteiger partial charge < -0.3 is 14.6 Å². The van der Waals surface area contributed by atoms with Crippen molar-refractivity contribution in [3.05, 3.63) is 83.3 Å². The van der Waals surface area contributed by atoms with E-state index in [0.717, 1.165) is 6.04 Å². The van der Waals surface area contributed by atoms with Crippen molar-refractivity contribution in [3.8, 4) is 6.07 Å². The highest BCUT2D eigenvalue weighted by atomic mass is 35.5. The zero-order valence-electron chi connectivity index (χ0n) is 30.6. The third kappa shape index (κ3) is 8.97. The van der Waals surface area contributed by atoms with E-state index in [2.05, 4.69) is 41.0 Å². The van der Waals surface area contributed by atoms with E-state index in [9.17, 15) is 23.6 Å². The molecule has 11 nitrogen and oxygen atoms in total. The number of fused-ring (bicyclic) bond motifs is 1. The van der Waals surface area contributed by atoms with Gasteiger partial charge in [-0.3, -0.25) is 24.2 Å². The Bertz CT molecular complexity index is 2060. The van der Waals surface area contributed by atoms with Crippen LogP contribution in [-0.4, -0.2) is 64.9 Å². The van der Waals surface area contributed by atoms with Crippen molar-refractivity contribution >= 4 is 59.9 Å². The Kier molecular flexibility index (Phi) is 11.8. The maximum absolute atomic E-state index is 15.1. The van der Waals surface area contributed by atoms with E-state index in [4.69, 9.17) is 16.3 Å². The highest BCUT2D eigenvalue weighted by Crippen LogP contribution is 2.39. The highest BCUT2D eigenvalue weighted by molar-refractivity contribution is 6.76. The van der Waals surface area contributed by atoms with Gasteiger partial charge in [0.1, 0.15) is 18.6 Å². The normalized spacial score (nSPS) is 18.1. The van der Waals surface area contributed by atoms with Crippen molar-refractivity contribution in [2.75, 3.05) is 16.4 Å². The van der Waals surface area contributed by atoms with Crippen molar-refractivity contribution in [1.29, 1.82) is 5.26 Å². The monoisotopic (exact) mass is 775 g/mol. The Morgan fingerprint density at radius 2 is 1.87 bits per heavy atom. The summed E-state index contributed by atoms with van der Waals surface area (Å²) in [6, 6.07) is 15.5. The topological polar surface area (TPSA) is 133 Å². The van der Waals surface area contributed by atoms with Crippen LogP contribution in [0.2, 0.25) is 30.7 Å². The van der Waals surface area contributed by atoms with Gasteiger partial charge in [0, 0.05) is 69.2 Å². The molecule has 1 unspecified atom stereocenters. The molecule has 2 aromatic carbocycles. The van der Waals surface area contributed by atoms with Crippen LogP contribution < -0.4 is 15.1 Å². The van der Waals surface area contributed by atoms with Crippen molar-refractivity contribution in [2.45, 2.75) is 101 Å². The third-order valence-corrected chi connectivity index (χ3v) is 12.0. The van der Waals surface area contributed by atoms with Crippen molar-refractivity contribution in [2.24, 2.45) is 0 Å². The van der Waals surface area contributed by atoms with Crippen LogP contribution in [0.1, 0.15) is 62.1 Å². The van der Waals surface area contributed by atoms with Gasteiger partial charge in [-0.1, -0.05) is 55.5 Å². The van der Waals surface area contributed by atoms with Crippen molar-refractivity contribution in [3.63, 3.8) is 0 Å². The third-order valence-electron chi connectivity index (χ3n) is 10.00. The van der Waals surface area contributed by atoms with E-state index in [1.54, 1.807) is 53.4 Å². The average molecular weight is 776 g/mol. The minimum Gasteiger partial charge on any atom is -0.361 e. The summed E-state index contributed by atoms with van der Waals surface area (Å²) in [6.45, 7) is 7.47. The lowest BCUT2D eigenvalue weighted by atomic mass is 9.91. The summed E-state index contributed by atoms with van der Waals surface area (Å²) in [4.78, 5) is 54.8. The molecule has 2 atom stereocenters. The number of para-hydroxylation sites is 1. The number of benzene rings is 2. The summed E-state index contributed by atoms with van der Waals surface area (Å²) in [5.74, 6) is -3.86. The van der Waals surface area contributed by atoms with Gasteiger partial charge in [0.25, 0.3) is 0 Å². The number of amides is 3. The van der Waals surface area contributed by atoms with Gasteiger partial charge in [0.15, 0.2) is 0 Å². The van der Waals surface area contributed by atoms with Crippen LogP contribution in [0.3, 0.4) is 0 Å². The number of hydrogen-bond acceptors (Lipinski definition) is 7. The van der Waals surface area contributed by atoms with Crippen LogP contribution in [0.5, 0.6) is 0 Å². The molecule has 15 heteroatoms. The second kappa shape index (κ2) is 16.3. The molecule has 1 aliphatic heterocycles. The Labute approximate surface area is 319 Å². The van der Waals surface area contributed by atoms with Gasteiger partial charge in [0.05, 0.1) is 34.7 Å². The molecular weight excluding hydrogens is 732 g/mol. The van der Waals surface area contributed by atoms with Crippen LogP contribution in [0.25, 0.3) is 11.0 Å². The quantitative estimate of drug-likeness (QED) is 0.109. The number of pyridine rings is 1. The van der Waals surface area contributed by atoms with E-state index in [1.807, 2.05) is 0 Å². The lowest BCUT2D eigenvalue weighted by Gasteiger charge is -2.36. The smallest absolute Gasteiger partial charge is 0.248 e. The number of alkyl halides is 2. The zero-order valence-corrected chi connectivity index (χ0v) is 32.4. The molecule has 3 heterocycles. The maximum Gasteiger partial charge on any atom is 0.248 e.